The lowest BCUT2D eigenvalue weighted by Gasteiger charge is -2.30. The first-order valence-corrected chi connectivity index (χ1v) is 8.08. The number of carbonyl (C=O) groups excluding carboxylic acids is 1. The molecule has 0 aromatic heterocycles. The van der Waals surface area contributed by atoms with Crippen LogP contribution in [0.25, 0.3) is 0 Å². The number of carbonyl (C=O) groups is 1. The van der Waals surface area contributed by atoms with E-state index < -0.39 is 0 Å². The van der Waals surface area contributed by atoms with Crippen LogP contribution in [-0.4, -0.2) is 61.9 Å². The second-order valence-corrected chi connectivity index (χ2v) is 6.16. The van der Waals surface area contributed by atoms with Gasteiger partial charge in [0, 0.05) is 26.3 Å². The molecule has 3 rings (SSSR count). The van der Waals surface area contributed by atoms with Crippen molar-refractivity contribution in [1.82, 2.24) is 10.2 Å². The summed E-state index contributed by atoms with van der Waals surface area (Å²) in [6.07, 6.45) is 6.91. The maximum Gasteiger partial charge on any atom is 0.239 e. The molecule has 3 atom stereocenters. The van der Waals surface area contributed by atoms with Gasteiger partial charge in [-0.3, -0.25) is 4.79 Å². The van der Waals surface area contributed by atoms with Crippen LogP contribution in [0.1, 0.15) is 38.5 Å². The Balaban J connectivity index is 1.59. The highest BCUT2D eigenvalue weighted by Gasteiger charge is 2.31. The van der Waals surface area contributed by atoms with Gasteiger partial charge in [-0.2, -0.15) is 0 Å². The van der Waals surface area contributed by atoms with E-state index in [9.17, 15) is 4.79 Å². The fourth-order valence-electron chi connectivity index (χ4n) is 3.44. The van der Waals surface area contributed by atoms with E-state index in [0.29, 0.717) is 0 Å². The van der Waals surface area contributed by atoms with Gasteiger partial charge in [0.15, 0.2) is 0 Å². The molecule has 1 N–H and O–H groups in total. The number of amides is 1. The zero-order valence-electron chi connectivity index (χ0n) is 12.2. The monoisotopic (exact) mass is 282 g/mol. The van der Waals surface area contributed by atoms with Gasteiger partial charge in [0.1, 0.15) is 0 Å². The van der Waals surface area contributed by atoms with E-state index in [-0.39, 0.29) is 24.2 Å². The fourth-order valence-corrected chi connectivity index (χ4v) is 3.44. The number of rotatable bonds is 5. The maximum atomic E-state index is 12.7. The molecule has 3 fully saturated rings. The second-order valence-electron chi connectivity index (χ2n) is 6.16. The van der Waals surface area contributed by atoms with Crippen LogP contribution in [0.15, 0.2) is 0 Å². The van der Waals surface area contributed by atoms with Gasteiger partial charge < -0.3 is 19.7 Å². The van der Waals surface area contributed by atoms with Crippen molar-refractivity contribution in [2.24, 2.45) is 0 Å². The van der Waals surface area contributed by atoms with Crippen molar-refractivity contribution in [3.05, 3.63) is 0 Å². The second kappa shape index (κ2) is 6.87. The number of ether oxygens (including phenoxy) is 2. The van der Waals surface area contributed by atoms with Gasteiger partial charge in [0.25, 0.3) is 0 Å². The van der Waals surface area contributed by atoms with Crippen LogP contribution in [0.5, 0.6) is 0 Å². The summed E-state index contributed by atoms with van der Waals surface area (Å²) in [5.41, 5.74) is 0. The number of hydrogen-bond acceptors (Lipinski definition) is 4. The van der Waals surface area contributed by atoms with Gasteiger partial charge in [-0.25, -0.2) is 0 Å². The number of hydrogen-bond donors (Lipinski definition) is 1. The highest BCUT2D eigenvalue weighted by molar-refractivity contribution is 5.82. The third-order valence-electron chi connectivity index (χ3n) is 4.57. The molecule has 0 radical (unpaired) electrons. The molecule has 3 aliphatic heterocycles. The molecule has 1 amide bonds. The summed E-state index contributed by atoms with van der Waals surface area (Å²) in [6, 6.07) is 0.0119. The van der Waals surface area contributed by atoms with Gasteiger partial charge in [-0.1, -0.05) is 0 Å². The van der Waals surface area contributed by atoms with E-state index in [2.05, 4.69) is 5.32 Å². The van der Waals surface area contributed by atoms with Gasteiger partial charge in [-0.15, -0.1) is 0 Å². The predicted octanol–water partition coefficient (Wildman–Crippen LogP) is 0.925. The maximum absolute atomic E-state index is 12.7. The Labute approximate surface area is 121 Å². The largest absolute Gasteiger partial charge is 0.376 e. The molecule has 0 aromatic carbocycles. The average Bonchev–Trinajstić information content (AvgIpc) is 3.20. The topological polar surface area (TPSA) is 50.8 Å². The molecule has 0 spiro atoms. The molecule has 0 aromatic rings. The summed E-state index contributed by atoms with van der Waals surface area (Å²) in [5.74, 6) is 0.244. The lowest BCUT2D eigenvalue weighted by atomic mass is 10.1. The smallest absolute Gasteiger partial charge is 0.239 e. The van der Waals surface area contributed by atoms with E-state index in [1.807, 2.05) is 4.90 Å². The summed E-state index contributed by atoms with van der Waals surface area (Å²) >= 11 is 0. The molecular formula is C15H26N2O3. The van der Waals surface area contributed by atoms with Crippen molar-refractivity contribution in [3.63, 3.8) is 0 Å². The van der Waals surface area contributed by atoms with Crippen molar-refractivity contribution in [1.29, 1.82) is 0 Å². The fraction of sp³-hybridized carbons (Fsp3) is 0.933. The summed E-state index contributed by atoms with van der Waals surface area (Å²) in [5, 5.41) is 3.31. The predicted molar refractivity (Wildman–Crippen MR) is 75.6 cm³/mol. The SMILES string of the molecule is O=C([C@H]1CCCN1)N(CC1CCCO1)CC1CCCO1. The lowest BCUT2D eigenvalue weighted by Crippen LogP contribution is -2.49. The van der Waals surface area contributed by atoms with E-state index >= 15 is 0 Å². The minimum atomic E-state index is 0.0119. The van der Waals surface area contributed by atoms with E-state index in [1.165, 1.54) is 0 Å². The molecule has 5 nitrogen and oxygen atoms in total. The van der Waals surface area contributed by atoms with Crippen molar-refractivity contribution in [3.8, 4) is 0 Å². The van der Waals surface area contributed by atoms with Gasteiger partial charge >= 0.3 is 0 Å². The van der Waals surface area contributed by atoms with E-state index in [4.69, 9.17) is 9.47 Å². The number of nitrogens with zero attached hydrogens (tertiary/aromatic N) is 1. The Bertz CT molecular complexity index is 301. The van der Waals surface area contributed by atoms with Crippen LogP contribution in [-0.2, 0) is 14.3 Å². The van der Waals surface area contributed by atoms with Crippen LogP contribution in [0, 0.1) is 0 Å². The van der Waals surface area contributed by atoms with Crippen LogP contribution in [0.4, 0.5) is 0 Å². The molecule has 3 heterocycles. The minimum Gasteiger partial charge on any atom is -0.376 e. The zero-order valence-corrected chi connectivity index (χ0v) is 12.2. The lowest BCUT2D eigenvalue weighted by molar-refractivity contribution is -0.136. The van der Waals surface area contributed by atoms with Gasteiger partial charge in [0.2, 0.25) is 5.91 Å². The quantitative estimate of drug-likeness (QED) is 0.815. The third-order valence-corrected chi connectivity index (χ3v) is 4.57. The Morgan fingerprint density at radius 1 is 1.00 bits per heavy atom. The Kier molecular flexibility index (Phi) is 4.91. The van der Waals surface area contributed by atoms with Gasteiger partial charge in [0.05, 0.1) is 18.2 Å². The first-order valence-electron chi connectivity index (χ1n) is 8.08. The average molecular weight is 282 g/mol. The third kappa shape index (κ3) is 3.51. The molecule has 20 heavy (non-hydrogen) atoms. The first-order chi connectivity index (χ1) is 9.83. The molecule has 0 saturated carbocycles. The van der Waals surface area contributed by atoms with E-state index in [1.54, 1.807) is 0 Å². The summed E-state index contributed by atoms with van der Waals surface area (Å²) < 4.78 is 11.4. The summed E-state index contributed by atoms with van der Waals surface area (Å²) in [4.78, 5) is 14.7. The van der Waals surface area contributed by atoms with Crippen LogP contribution >= 0.6 is 0 Å². The Morgan fingerprint density at radius 3 is 2.10 bits per heavy atom. The molecular weight excluding hydrogens is 256 g/mol. The van der Waals surface area contributed by atoms with Crippen LogP contribution in [0.3, 0.4) is 0 Å². The summed E-state index contributed by atoms with van der Waals surface area (Å²) in [7, 11) is 0. The Hall–Kier alpha value is -0.650. The van der Waals surface area contributed by atoms with E-state index in [0.717, 1.165) is 71.4 Å². The van der Waals surface area contributed by atoms with Gasteiger partial charge in [-0.05, 0) is 45.1 Å². The highest BCUT2D eigenvalue weighted by Crippen LogP contribution is 2.19. The van der Waals surface area contributed by atoms with Crippen LogP contribution < -0.4 is 5.32 Å². The highest BCUT2D eigenvalue weighted by atomic mass is 16.5. The van der Waals surface area contributed by atoms with Crippen LogP contribution in [0.2, 0.25) is 0 Å². The molecule has 114 valence electrons. The zero-order chi connectivity index (χ0) is 13.8. The molecule has 3 aliphatic rings. The first kappa shape index (κ1) is 14.3. The molecule has 5 heteroatoms. The van der Waals surface area contributed by atoms with Crippen molar-refractivity contribution in [2.45, 2.75) is 56.8 Å². The Morgan fingerprint density at radius 2 is 1.65 bits per heavy atom. The standard InChI is InChI=1S/C15H26N2O3/c18-15(14-6-1-7-16-14)17(10-12-4-2-8-19-12)11-13-5-3-9-20-13/h12-14,16H,1-11H2/t12?,13?,14-/m1/s1. The van der Waals surface area contributed by atoms with Crippen molar-refractivity contribution >= 4 is 5.91 Å². The van der Waals surface area contributed by atoms with Crippen molar-refractivity contribution in [2.75, 3.05) is 32.8 Å². The van der Waals surface area contributed by atoms with Crippen molar-refractivity contribution < 1.29 is 14.3 Å². The molecule has 2 unspecified atom stereocenters. The molecule has 0 aliphatic carbocycles. The molecule has 0 bridgehead atoms. The molecule has 3 saturated heterocycles. The minimum absolute atomic E-state index is 0.0119. The number of nitrogens with one attached hydrogen (secondary N) is 1. The summed E-state index contributed by atoms with van der Waals surface area (Å²) in [6.45, 7) is 4.11. The normalized spacial score (nSPS) is 33.7.